The van der Waals surface area contributed by atoms with Crippen LogP contribution >= 0.6 is 27.5 Å². The summed E-state index contributed by atoms with van der Waals surface area (Å²) in [6, 6.07) is 8.78. The Bertz CT molecular complexity index is 668. The van der Waals surface area contributed by atoms with Gasteiger partial charge in [0, 0.05) is 15.6 Å². The molecule has 0 amide bonds. The van der Waals surface area contributed by atoms with Gasteiger partial charge in [-0.1, -0.05) is 23.7 Å². The van der Waals surface area contributed by atoms with Gasteiger partial charge in [0.05, 0.1) is 10.6 Å². The molecule has 20 heavy (non-hydrogen) atoms. The van der Waals surface area contributed by atoms with Crippen LogP contribution in [0.5, 0.6) is 0 Å². The number of ketones is 1. The largest absolute Gasteiger partial charge is 0.416 e. The van der Waals surface area contributed by atoms with E-state index in [4.69, 9.17) is 11.6 Å². The Labute approximate surface area is 126 Å². The highest BCUT2D eigenvalue weighted by Gasteiger charge is 2.30. The van der Waals surface area contributed by atoms with Crippen molar-refractivity contribution in [1.29, 1.82) is 0 Å². The number of hydrogen-bond acceptors (Lipinski definition) is 1. The number of hydrogen-bond donors (Lipinski definition) is 0. The van der Waals surface area contributed by atoms with E-state index in [1.165, 1.54) is 24.3 Å². The molecule has 0 N–H and O–H groups in total. The molecule has 1 nitrogen and oxygen atoms in total. The number of carbonyl (C=O) groups excluding carboxylic acids is 1. The number of halogens is 5. The molecule has 0 atom stereocenters. The van der Waals surface area contributed by atoms with E-state index in [2.05, 4.69) is 15.9 Å². The number of carbonyl (C=O) groups is 1. The molecule has 6 heteroatoms. The first-order valence-electron chi connectivity index (χ1n) is 5.46. The zero-order chi connectivity index (χ0) is 14.9. The Hall–Kier alpha value is -1.33. The minimum Gasteiger partial charge on any atom is -0.289 e. The van der Waals surface area contributed by atoms with E-state index in [0.29, 0.717) is 9.50 Å². The first-order chi connectivity index (χ1) is 9.29. The van der Waals surface area contributed by atoms with E-state index in [-0.39, 0.29) is 11.1 Å². The highest BCUT2D eigenvalue weighted by molar-refractivity contribution is 9.10. The maximum atomic E-state index is 12.6. The van der Waals surface area contributed by atoms with Gasteiger partial charge in [0.15, 0.2) is 5.78 Å². The van der Waals surface area contributed by atoms with Crippen molar-refractivity contribution in [2.75, 3.05) is 0 Å². The minimum atomic E-state index is -4.48. The molecule has 0 bridgehead atoms. The standard InChI is InChI=1S/C14H7BrClF3O/c15-11-5-4-9(7-12(11)16)13(20)8-2-1-3-10(6-8)14(17,18)19/h1-7H. The molecular weight excluding hydrogens is 357 g/mol. The topological polar surface area (TPSA) is 17.1 Å². The van der Waals surface area contributed by atoms with Crippen LogP contribution in [0.25, 0.3) is 0 Å². The molecule has 0 aromatic heterocycles. The molecule has 2 rings (SSSR count). The summed E-state index contributed by atoms with van der Waals surface area (Å²) in [6.07, 6.45) is -4.48. The first-order valence-corrected chi connectivity index (χ1v) is 6.63. The van der Waals surface area contributed by atoms with Crippen LogP contribution in [0.4, 0.5) is 13.2 Å². The third-order valence-electron chi connectivity index (χ3n) is 2.63. The zero-order valence-corrected chi connectivity index (χ0v) is 12.2. The maximum Gasteiger partial charge on any atom is 0.416 e. The van der Waals surface area contributed by atoms with Crippen LogP contribution in [0.2, 0.25) is 5.02 Å². The van der Waals surface area contributed by atoms with Crippen molar-refractivity contribution in [2.45, 2.75) is 6.18 Å². The SMILES string of the molecule is O=C(c1cccc(C(F)(F)F)c1)c1ccc(Br)c(Cl)c1. The lowest BCUT2D eigenvalue weighted by Crippen LogP contribution is -2.08. The summed E-state index contributed by atoms with van der Waals surface area (Å²) in [4.78, 5) is 12.1. The van der Waals surface area contributed by atoms with Gasteiger partial charge in [-0.25, -0.2) is 0 Å². The van der Waals surface area contributed by atoms with Gasteiger partial charge in [-0.05, 0) is 46.3 Å². The van der Waals surface area contributed by atoms with Crippen molar-refractivity contribution in [1.82, 2.24) is 0 Å². The summed E-state index contributed by atoms with van der Waals surface area (Å²) < 4.78 is 38.4. The summed E-state index contributed by atoms with van der Waals surface area (Å²) >= 11 is 9.05. The second-order valence-corrected chi connectivity index (χ2v) is 5.30. The molecule has 0 saturated carbocycles. The molecule has 0 saturated heterocycles. The molecule has 0 aliphatic heterocycles. The lowest BCUT2D eigenvalue weighted by Gasteiger charge is -2.08. The van der Waals surface area contributed by atoms with Gasteiger partial charge in [0.1, 0.15) is 0 Å². The fourth-order valence-electron chi connectivity index (χ4n) is 1.64. The smallest absolute Gasteiger partial charge is 0.289 e. The first kappa shape index (κ1) is 15.1. The van der Waals surface area contributed by atoms with Gasteiger partial charge in [0.2, 0.25) is 0 Å². The summed E-state index contributed by atoms with van der Waals surface area (Å²) in [5.74, 6) is -0.509. The average Bonchev–Trinajstić information content (AvgIpc) is 2.40. The van der Waals surface area contributed by atoms with Gasteiger partial charge >= 0.3 is 6.18 Å². The van der Waals surface area contributed by atoms with Crippen molar-refractivity contribution >= 4 is 33.3 Å². The Morgan fingerprint density at radius 2 is 1.70 bits per heavy atom. The highest BCUT2D eigenvalue weighted by Crippen LogP contribution is 2.30. The van der Waals surface area contributed by atoms with E-state index < -0.39 is 17.5 Å². The Kier molecular flexibility index (Phi) is 4.20. The quantitative estimate of drug-likeness (QED) is 0.657. The zero-order valence-electron chi connectivity index (χ0n) is 9.84. The predicted molar refractivity (Wildman–Crippen MR) is 74.0 cm³/mol. The molecule has 2 aromatic carbocycles. The normalized spacial score (nSPS) is 11.4. The van der Waals surface area contributed by atoms with Crippen LogP contribution in [0.15, 0.2) is 46.9 Å². The van der Waals surface area contributed by atoms with Crippen molar-refractivity contribution in [3.8, 4) is 0 Å². The van der Waals surface area contributed by atoms with Gasteiger partial charge in [0.25, 0.3) is 0 Å². The maximum absolute atomic E-state index is 12.6. The Morgan fingerprint density at radius 3 is 2.30 bits per heavy atom. The molecule has 2 aromatic rings. The molecule has 0 radical (unpaired) electrons. The van der Waals surface area contributed by atoms with E-state index >= 15 is 0 Å². The molecule has 0 fully saturated rings. The van der Waals surface area contributed by atoms with Gasteiger partial charge < -0.3 is 0 Å². The molecule has 0 unspecified atom stereocenters. The van der Waals surface area contributed by atoms with Crippen LogP contribution in [0.3, 0.4) is 0 Å². The summed E-state index contributed by atoms with van der Waals surface area (Å²) in [7, 11) is 0. The molecule has 0 heterocycles. The van der Waals surface area contributed by atoms with Gasteiger partial charge in [-0.2, -0.15) is 13.2 Å². The van der Waals surface area contributed by atoms with E-state index in [0.717, 1.165) is 12.1 Å². The highest BCUT2D eigenvalue weighted by atomic mass is 79.9. The third-order valence-corrected chi connectivity index (χ3v) is 3.87. The lowest BCUT2D eigenvalue weighted by molar-refractivity contribution is -0.137. The van der Waals surface area contributed by atoms with E-state index in [1.54, 1.807) is 6.07 Å². The Balaban J connectivity index is 2.41. The number of benzene rings is 2. The fraction of sp³-hybridized carbons (Fsp3) is 0.0714. The van der Waals surface area contributed by atoms with Crippen molar-refractivity contribution in [3.05, 3.63) is 68.7 Å². The van der Waals surface area contributed by atoms with Crippen LogP contribution in [-0.4, -0.2) is 5.78 Å². The predicted octanol–water partition coefficient (Wildman–Crippen LogP) is 5.35. The molecule has 0 aliphatic carbocycles. The monoisotopic (exact) mass is 362 g/mol. The van der Waals surface area contributed by atoms with Crippen LogP contribution in [0, 0.1) is 0 Å². The molecule has 0 aliphatic rings. The summed E-state index contributed by atoms with van der Waals surface area (Å²) in [6.45, 7) is 0. The van der Waals surface area contributed by atoms with Crippen molar-refractivity contribution in [3.63, 3.8) is 0 Å². The summed E-state index contributed by atoms with van der Waals surface area (Å²) in [5, 5.41) is 0.322. The van der Waals surface area contributed by atoms with Gasteiger partial charge in [-0.15, -0.1) is 0 Å². The molecule has 0 spiro atoms. The number of rotatable bonds is 2. The van der Waals surface area contributed by atoms with Crippen molar-refractivity contribution in [2.24, 2.45) is 0 Å². The molecule has 104 valence electrons. The fourth-order valence-corrected chi connectivity index (χ4v) is 2.07. The summed E-state index contributed by atoms with van der Waals surface area (Å²) in [5.41, 5.74) is -0.651. The third kappa shape index (κ3) is 3.22. The second kappa shape index (κ2) is 5.58. The second-order valence-electron chi connectivity index (χ2n) is 4.04. The molecular formula is C14H7BrClF3O. The minimum absolute atomic E-state index is 0.0294. The Morgan fingerprint density at radius 1 is 1.05 bits per heavy atom. The van der Waals surface area contributed by atoms with Crippen LogP contribution < -0.4 is 0 Å². The van der Waals surface area contributed by atoms with E-state index in [9.17, 15) is 18.0 Å². The average molecular weight is 364 g/mol. The lowest BCUT2D eigenvalue weighted by atomic mass is 10.0. The van der Waals surface area contributed by atoms with Crippen LogP contribution in [-0.2, 0) is 6.18 Å². The number of alkyl halides is 3. The van der Waals surface area contributed by atoms with Gasteiger partial charge in [-0.3, -0.25) is 4.79 Å². The van der Waals surface area contributed by atoms with E-state index in [1.807, 2.05) is 0 Å². The van der Waals surface area contributed by atoms with Crippen LogP contribution in [0.1, 0.15) is 21.5 Å². The van der Waals surface area contributed by atoms with Crippen molar-refractivity contribution < 1.29 is 18.0 Å².